The van der Waals surface area contributed by atoms with Crippen LogP contribution < -0.4 is 0 Å². The Morgan fingerprint density at radius 3 is 1.45 bits per heavy atom. The first-order valence-corrected chi connectivity index (χ1v) is 6.90. The van der Waals surface area contributed by atoms with Gasteiger partial charge in [-0.1, -0.05) is 48.2 Å². The van der Waals surface area contributed by atoms with E-state index in [2.05, 4.69) is 56.9 Å². The van der Waals surface area contributed by atoms with E-state index < -0.39 is 0 Å². The molecular weight excluding hydrogens is 292 g/mol. The minimum atomic E-state index is 0.331. The average Bonchev–Trinajstić information content (AvgIpc) is 2.51. The fourth-order valence-electron chi connectivity index (χ4n) is 1.16. The number of hydrogen-bond acceptors (Lipinski definition) is 6. The first kappa shape index (κ1) is 15.8. The third-order valence-electron chi connectivity index (χ3n) is 1.86. The molecule has 0 bridgehead atoms. The lowest BCUT2D eigenvalue weighted by molar-refractivity contribution is 0.485. The molecule has 0 aliphatic rings. The molecule has 0 aromatic heterocycles. The van der Waals surface area contributed by atoms with Gasteiger partial charge >= 0.3 is 24.8 Å². The molecule has 0 fully saturated rings. The van der Waals surface area contributed by atoms with Gasteiger partial charge in [0.05, 0.1) is 0 Å². The van der Waals surface area contributed by atoms with E-state index in [1.54, 1.807) is 11.8 Å². The zero-order valence-electron chi connectivity index (χ0n) is 10.3. The number of benzene rings is 2. The average molecular weight is 302 g/mol. The largest absolute Gasteiger partial charge is 0.316 e. The highest BCUT2D eigenvalue weighted by Crippen LogP contribution is 2.26. The van der Waals surface area contributed by atoms with Gasteiger partial charge in [0, 0.05) is 9.79 Å². The van der Waals surface area contributed by atoms with Crippen molar-refractivity contribution in [1.82, 2.24) is 0 Å². The van der Waals surface area contributed by atoms with E-state index in [4.69, 9.17) is 10.5 Å². The highest BCUT2D eigenvalue weighted by atomic mass is 32.2. The lowest BCUT2D eigenvalue weighted by Gasteiger charge is -1.99. The van der Waals surface area contributed by atoms with Crippen molar-refractivity contribution in [2.45, 2.75) is 9.79 Å². The molecule has 0 saturated carbocycles. The number of rotatable bonds is 4. The Bertz CT molecular complexity index is 514. The molecule has 0 aliphatic heterocycles. The molecule has 100 valence electrons. The minimum Gasteiger partial charge on any atom is -0.311 e. The Morgan fingerprint density at radius 2 is 1.10 bits per heavy atom. The van der Waals surface area contributed by atoms with E-state index in [-0.39, 0.29) is 0 Å². The maximum atomic E-state index is 7.61. The van der Waals surface area contributed by atoms with Crippen molar-refractivity contribution < 1.29 is 8.37 Å². The third kappa shape index (κ3) is 7.22. The van der Waals surface area contributed by atoms with E-state index in [1.807, 2.05) is 12.1 Å². The second kappa shape index (κ2) is 10.6. The maximum absolute atomic E-state index is 7.61. The van der Waals surface area contributed by atoms with Crippen LogP contribution in [0.4, 0.5) is 0 Å². The summed E-state index contributed by atoms with van der Waals surface area (Å²) in [4.78, 5) is 2.57. The lowest BCUT2D eigenvalue weighted by Crippen LogP contribution is -1.70. The lowest BCUT2D eigenvalue weighted by atomic mass is 10.4. The van der Waals surface area contributed by atoms with Crippen LogP contribution in [0.25, 0.3) is 0 Å². The predicted molar refractivity (Wildman–Crippen MR) is 78.0 cm³/mol. The van der Waals surface area contributed by atoms with Crippen molar-refractivity contribution in [3.8, 4) is 12.5 Å². The van der Waals surface area contributed by atoms with E-state index in [0.29, 0.717) is 12.3 Å². The zero-order chi connectivity index (χ0) is 14.5. The van der Waals surface area contributed by atoms with Gasteiger partial charge in [-0.15, -0.1) is 10.5 Å². The molecule has 0 aliphatic carbocycles. The minimum absolute atomic E-state index is 0.331. The molecule has 0 heterocycles. The van der Waals surface area contributed by atoms with Crippen LogP contribution in [-0.2, 0) is 8.37 Å². The molecule has 20 heavy (non-hydrogen) atoms. The van der Waals surface area contributed by atoms with Gasteiger partial charge in [0.2, 0.25) is 0 Å². The van der Waals surface area contributed by atoms with Gasteiger partial charge in [-0.05, 0) is 24.3 Å². The first-order chi connectivity index (χ1) is 9.86. The van der Waals surface area contributed by atoms with Gasteiger partial charge in [-0.2, -0.15) is 0 Å². The number of nitriles is 2. The Labute approximate surface area is 126 Å². The Morgan fingerprint density at radius 1 is 0.700 bits per heavy atom. The summed E-state index contributed by atoms with van der Waals surface area (Å²) in [6.07, 6.45) is 2.58. The van der Waals surface area contributed by atoms with E-state index in [9.17, 15) is 0 Å². The van der Waals surface area contributed by atoms with Gasteiger partial charge in [0.1, 0.15) is 0 Å². The highest BCUT2D eigenvalue weighted by Gasteiger charge is 1.93. The van der Waals surface area contributed by atoms with Crippen molar-refractivity contribution in [3.63, 3.8) is 0 Å². The van der Waals surface area contributed by atoms with Crippen LogP contribution in [0.1, 0.15) is 0 Å². The normalized spacial score (nSPS) is 8.30. The van der Waals surface area contributed by atoms with Crippen LogP contribution in [-0.4, -0.2) is 0 Å². The summed E-state index contributed by atoms with van der Waals surface area (Å²) in [7, 11) is 0. The quantitative estimate of drug-likeness (QED) is 0.474. The zero-order valence-corrected chi connectivity index (χ0v) is 11.9. The molecular formula is C14H10N2O2S2. The van der Waals surface area contributed by atoms with Crippen LogP contribution in [0.5, 0.6) is 0 Å². The van der Waals surface area contributed by atoms with Crippen LogP contribution in [0, 0.1) is 23.0 Å². The summed E-state index contributed by atoms with van der Waals surface area (Å²) in [5, 5.41) is 15.2. The van der Waals surface area contributed by atoms with Crippen LogP contribution in [0.3, 0.4) is 0 Å². The molecule has 0 radical (unpaired) electrons. The van der Waals surface area contributed by atoms with Gasteiger partial charge in [-0.25, -0.2) is 0 Å². The second-order valence-electron chi connectivity index (χ2n) is 3.15. The van der Waals surface area contributed by atoms with Crippen molar-refractivity contribution in [2.24, 2.45) is 0 Å². The van der Waals surface area contributed by atoms with Gasteiger partial charge < -0.3 is 8.37 Å². The predicted octanol–water partition coefficient (Wildman–Crippen LogP) is 4.38. The van der Waals surface area contributed by atoms with Crippen LogP contribution in [0.15, 0.2) is 70.5 Å². The molecule has 0 saturated heterocycles. The molecule has 0 N–H and O–H groups in total. The molecule has 6 heteroatoms. The van der Waals surface area contributed by atoms with Gasteiger partial charge in [0.15, 0.2) is 0 Å². The summed E-state index contributed by atoms with van der Waals surface area (Å²) >= 11 is 2.12. The summed E-state index contributed by atoms with van der Waals surface area (Å²) < 4.78 is 7.70. The standard InChI is InChI=1S/C12H10S.C2N2O2S/c1-3-7-11(8-4-1)13-12-9-5-2-6-10-12;3-1-5-7-6-2-4/h1-10H;. The topological polar surface area (TPSA) is 66.0 Å². The maximum Gasteiger partial charge on any atom is 0.316 e. The summed E-state index contributed by atoms with van der Waals surface area (Å²) in [5.41, 5.74) is 0. The summed E-state index contributed by atoms with van der Waals surface area (Å²) in [6.45, 7) is 0. The first-order valence-electron chi connectivity index (χ1n) is 5.42. The second-order valence-corrected chi connectivity index (χ2v) is 4.76. The fraction of sp³-hybridized carbons (Fsp3) is 0. The van der Waals surface area contributed by atoms with Crippen molar-refractivity contribution >= 4 is 24.1 Å². The smallest absolute Gasteiger partial charge is 0.311 e. The van der Waals surface area contributed by atoms with Crippen molar-refractivity contribution in [3.05, 3.63) is 60.7 Å². The number of nitrogens with zero attached hydrogens (tertiary/aromatic N) is 2. The summed E-state index contributed by atoms with van der Waals surface area (Å²) in [6, 6.07) is 20.8. The number of hydrogen-bond donors (Lipinski definition) is 0. The molecule has 0 unspecified atom stereocenters. The highest BCUT2D eigenvalue weighted by molar-refractivity contribution is 7.99. The van der Waals surface area contributed by atoms with E-state index >= 15 is 0 Å². The monoisotopic (exact) mass is 302 g/mol. The van der Waals surface area contributed by atoms with Crippen LogP contribution in [0.2, 0.25) is 0 Å². The molecule has 0 atom stereocenters. The van der Waals surface area contributed by atoms with E-state index in [0.717, 1.165) is 0 Å². The third-order valence-corrected chi connectivity index (χ3v) is 3.17. The Balaban J connectivity index is 0.000000246. The van der Waals surface area contributed by atoms with E-state index in [1.165, 1.54) is 22.3 Å². The molecule has 2 aromatic carbocycles. The summed E-state index contributed by atoms with van der Waals surface area (Å²) in [5.74, 6) is 0. The van der Waals surface area contributed by atoms with Crippen molar-refractivity contribution in [1.29, 1.82) is 10.5 Å². The molecule has 2 rings (SSSR count). The molecule has 0 spiro atoms. The van der Waals surface area contributed by atoms with Gasteiger partial charge in [0.25, 0.3) is 0 Å². The molecule has 4 nitrogen and oxygen atoms in total. The Kier molecular flexibility index (Phi) is 8.38. The molecule has 2 aromatic rings. The fourth-order valence-corrected chi connectivity index (χ4v) is 2.11. The SMILES string of the molecule is N#COSOC#N.c1ccc(Sc2ccccc2)cc1. The van der Waals surface area contributed by atoms with Gasteiger partial charge in [-0.3, -0.25) is 0 Å². The van der Waals surface area contributed by atoms with Crippen molar-refractivity contribution in [2.75, 3.05) is 0 Å². The Hall–Kier alpha value is -2.28. The van der Waals surface area contributed by atoms with Crippen LogP contribution >= 0.6 is 24.1 Å². The molecule has 0 amide bonds.